The third-order valence-electron chi connectivity index (χ3n) is 7.26. The van der Waals surface area contributed by atoms with Gasteiger partial charge in [0.15, 0.2) is 0 Å². The Morgan fingerprint density at radius 3 is 2.43 bits per heavy atom. The molecule has 1 aliphatic rings. The molecule has 5 rings (SSSR count). The summed E-state index contributed by atoms with van der Waals surface area (Å²) in [6.45, 7) is 8.79. The Morgan fingerprint density at radius 1 is 1.08 bits per heavy atom. The van der Waals surface area contributed by atoms with Crippen LogP contribution in [0.3, 0.4) is 0 Å². The van der Waals surface area contributed by atoms with Crippen molar-refractivity contribution in [3.05, 3.63) is 75.7 Å². The van der Waals surface area contributed by atoms with E-state index >= 15 is 0 Å². The average molecular weight is 723 g/mol. The number of nitrogens with one attached hydrogen (secondary N) is 1. The van der Waals surface area contributed by atoms with Gasteiger partial charge in [-0.25, -0.2) is 14.8 Å². The molecule has 262 valence electrons. The molecule has 1 N–H and O–H groups in total. The quantitative estimate of drug-likeness (QED) is 0.157. The number of amides is 2. The van der Waals surface area contributed by atoms with Gasteiger partial charge in [-0.1, -0.05) is 30.3 Å². The highest BCUT2D eigenvalue weighted by molar-refractivity contribution is 7.87. The molecule has 2 atom stereocenters. The standard InChI is InChI=1S/C31H33F3N6O7S2/c1-18-17-48-25(35-18)22-12-9-13-40(22)26(41)21-14-20(15-23(36-21)47-49(43,44)31(32,33)34)24-38-39-27(45-24)30(5,16-19-10-7-6-8-11-19)37-28(42)46-29(2,3)4/h6-8,10-11,14-15,17,22H,9,12-13,16H2,1-5H3,(H,37,42). The summed E-state index contributed by atoms with van der Waals surface area (Å²) in [7, 11) is -6.17. The third kappa shape index (κ3) is 8.36. The van der Waals surface area contributed by atoms with Crippen LogP contribution < -0.4 is 9.50 Å². The number of hydrogen-bond donors (Lipinski definition) is 1. The van der Waals surface area contributed by atoms with Gasteiger partial charge in [0, 0.05) is 35.7 Å². The van der Waals surface area contributed by atoms with Crippen molar-refractivity contribution >= 4 is 33.5 Å². The van der Waals surface area contributed by atoms with Crippen molar-refractivity contribution in [3.63, 3.8) is 0 Å². The Hall–Kier alpha value is -4.58. The number of carbonyl (C=O) groups excluding carboxylic acids is 2. The maximum Gasteiger partial charge on any atom is 0.534 e. The number of likely N-dealkylation sites (tertiary alicyclic amines) is 1. The van der Waals surface area contributed by atoms with Crippen molar-refractivity contribution in [1.82, 2.24) is 30.4 Å². The normalized spacial score (nSPS) is 16.7. The summed E-state index contributed by atoms with van der Waals surface area (Å²) in [5.41, 5.74) is -7.03. The summed E-state index contributed by atoms with van der Waals surface area (Å²) in [6, 6.07) is 10.6. The fourth-order valence-electron chi connectivity index (χ4n) is 5.15. The molecule has 0 radical (unpaired) electrons. The number of aryl methyl sites for hydroxylation is 1. The Labute approximate surface area is 284 Å². The van der Waals surface area contributed by atoms with Gasteiger partial charge in [-0.2, -0.15) is 21.6 Å². The van der Waals surface area contributed by atoms with Crippen LogP contribution in [-0.4, -0.2) is 63.1 Å². The molecule has 2 unspecified atom stereocenters. The number of halogens is 3. The second-order valence-corrected chi connectivity index (χ2v) is 15.0. The zero-order chi connectivity index (χ0) is 35.8. The van der Waals surface area contributed by atoms with Crippen LogP contribution in [-0.2, 0) is 26.8 Å². The Kier molecular flexibility index (Phi) is 9.75. The molecule has 0 bridgehead atoms. The van der Waals surface area contributed by atoms with Gasteiger partial charge in [-0.3, -0.25) is 4.79 Å². The van der Waals surface area contributed by atoms with Crippen LogP contribution in [0.15, 0.2) is 52.3 Å². The molecular weight excluding hydrogens is 690 g/mol. The first kappa shape index (κ1) is 35.7. The number of nitrogens with zero attached hydrogens (tertiary/aromatic N) is 5. The summed E-state index contributed by atoms with van der Waals surface area (Å²) in [5, 5.41) is 13.4. The Bertz CT molecular complexity index is 1940. The zero-order valence-corrected chi connectivity index (χ0v) is 28.7. The van der Waals surface area contributed by atoms with Crippen molar-refractivity contribution in [2.45, 2.75) is 76.6 Å². The van der Waals surface area contributed by atoms with Gasteiger partial charge in [0.1, 0.15) is 21.8 Å². The van der Waals surface area contributed by atoms with Gasteiger partial charge >= 0.3 is 21.7 Å². The first-order valence-corrected chi connectivity index (χ1v) is 17.3. The molecule has 4 heterocycles. The number of rotatable bonds is 9. The highest BCUT2D eigenvalue weighted by Crippen LogP contribution is 2.36. The topological polar surface area (TPSA) is 167 Å². The number of benzene rings is 1. The maximum atomic E-state index is 13.8. The van der Waals surface area contributed by atoms with Crippen molar-refractivity contribution in [2.24, 2.45) is 0 Å². The molecule has 1 saturated heterocycles. The van der Waals surface area contributed by atoms with Gasteiger partial charge in [0.2, 0.25) is 17.7 Å². The first-order valence-electron chi connectivity index (χ1n) is 15.0. The predicted molar refractivity (Wildman–Crippen MR) is 170 cm³/mol. The lowest BCUT2D eigenvalue weighted by Crippen LogP contribution is -2.47. The molecule has 0 spiro atoms. The van der Waals surface area contributed by atoms with E-state index in [-0.39, 0.29) is 23.8 Å². The van der Waals surface area contributed by atoms with E-state index in [2.05, 4.69) is 29.7 Å². The molecule has 13 nitrogen and oxygen atoms in total. The Balaban J connectivity index is 1.55. The molecule has 49 heavy (non-hydrogen) atoms. The molecule has 1 fully saturated rings. The minimum atomic E-state index is -6.17. The lowest BCUT2D eigenvalue weighted by molar-refractivity contribution is -0.0501. The second-order valence-electron chi connectivity index (χ2n) is 12.6. The third-order valence-corrected chi connectivity index (χ3v) is 9.28. The number of carbonyl (C=O) groups is 2. The molecule has 1 aliphatic heterocycles. The number of pyridine rings is 1. The summed E-state index contributed by atoms with van der Waals surface area (Å²) in [4.78, 5) is 36.5. The number of ether oxygens (including phenoxy) is 1. The average Bonchev–Trinajstić information content (AvgIpc) is 3.76. The fraction of sp³-hybridized carbons (Fsp3) is 0.419. The molecule has 3 aromatic heterocycles. The summed E-state index contributed by atoms with van der Waals surface area (Å²) in [6.07, 6.45) is 0.575. The number of aromatic nitrogens is 4. The minimum Gasteiger partial charge on any atom is -0.444 e. The van der Waals surface area contributed by atoms with E-state index in [0.717, 1.165) is 17.3 Å². The number of hydrogen-bond acceptors (Lipinski definition) is 12. The zero-order valence-electron chi connectivity index (χ0n) is 27.1. The van der Waals surface area contributed by atoms with E-state index in [1.165, 1.54) is 22.3 Å². The van der Waals surface area contributed by atoms with Crippen LogP contribution in [0.1, 0.15) is 79.2 Å². The maximum absolute atomic E-state index is 13.8. The Morgan fingerprint density at radius 2 is 1.80 bits per heavy atom. The van der Waals surface area contributed by atoms with Crippen LogP contribution in [0, 0.1) is 6.92 Å². The fourth-order valence-corrected chi connectivity index (χ4v) is 6.50. The molecule has 1 aromatic carbocycles. The predicted octanol–water partition coefficient (Wildman–Crippen LogP) is 6.08. The summed E-state index contributed by atoms with van der Waals surface area (Å²) < 4.78 is 79.6. The van der Waals surface area contributed by atoms with E-state index < -0.39 is 56.4 Å². The molecule has 4 aromatic rings. The van der Waals surface area contributed by atoms with Gasteiger partial charge in [-0.05, 0) is 59.1 Å². The first-order chi connectivity index (χ1) is 22.8. The van der Waals surface area contributed by atoms with Gasteiger partial charge < -0.3 is 23.6 Å². The second kappa shape index (κ2) is 13.4. The lowest BCUT2D eigenvalue weighted by Gasteiger charge is -2.29. The lowest BCUT2D eigenvalue weighted by atomic mass is 9.92. The molecule has 2 amide bonds. The van der Waals surface area contributed by atoms with Crippen molar-refractivity contribution in [3.8, 4) is 17.3 Å². The van der Waals surface area contributed by atoms with Gasteiger partial charge in [0.25, 0.3) is 5.91 Å². The van der Waals surface area contributed by atoms with Gasteiger partial charge in [0.05, 0.1) is 6.04 Å². The summed E-state index contributed by atoms with van der Waals surface area (Å²) in [5.74, 6) is -2.19. The van der Waals surface area contributed by atoms with E-state index in [0.29, 0.717) is 24.4 Å². The van der Waals surface area contributed by atoms with Crippen LogP contribution in [0.5, 0.6) is 5.88 Å². The highest BCUT2D eigenvalue weighted by Gasteiger charge is 2.49. The van der Waals surface area contributed by atoms with E-state index in [1.807, 2.05) is 30.5 Å². The number of alkyl carbamates (subject to hydrolysis) is 1. The molecule has 0 saturated carbocycles. The molecular formula is C31H33F3N6O7S2. The molecule has 18 heteroatoms. The van der Waals surface area contributed by atoms with E-state index in [4.69, 9.17) is 9.15 Å². The number of alkyl halides is 3. The summed E-state index contributed by atoms with van der Waals surface area (Å²) >= 11 is 1.36. The van der Waals surface area contributed by atoms with Crippen LogP contribution in [0.2, 0.25) is 0 Å². The smallest absolute Gasteiger partial charge is 0.444 e. The van der Waals surface area contributed by atoms with Crippen molar-refractivity contribution in [2.75, 3.05) is 6.54 Å². The highest BCUT2D eigenvalue weighted by atomic mass is 32.2. The van der Waals surface area contributed by atoms with E-state index in [9.17, 15) is 31.2 Å². The minimum absolute atomic E-state index is 0.119. The van der Waals surface area contributed by atoms with Crippen LogP contribution >= 0.6 is 11.3 Å². The van der Waals surface area contributed by atoms with Crippen LogP contribution in [0.25, 0.3) is 11.5 Å². The van der Waals surface area contributed by atoms with E-state index in [1.54, 1.807) is 39.8 Å². The van der Waals surface area contributed by atoms with Crippen molar-refractivity contribution < 1.29 is 44.5 Å². The van der Waals surface area contributed by atoms with Crippen LogP contribution in [0.4, 0.5) is 18.0 Å². The largest absolute Gasteiger partial charge is 0.534 e. The SMILES string of the molecule is Cc1csc(C2CCCN2C(=O)c2cc(-c3nnc(C(C)(Cc4ccccc4)NC(=O)OC(C)(C)C)o3)cc(OS(=O)(=O)C(F)(F)F)n2)n1. The molecule has 0 aliphatic carbocycles. The number of thiazole rings is 1. The van der Waals surface area contributed by atoms with Crippen molar-refractivity contribution in [1.29, 1.82) is 0 Å². The van der Waals surface area contributed by atoms with Gasteiger partial charge in [-0.15, -0.1) is 21.5 Å². The monoisotopic (exact) mass is 722 g/mol.